The Bertz CT molecular complexity index is 905. The van der Waals surface area contributed by atoms with E-state index < -0.39 is 5.95 Å². The van der Waals surface area contributed by atoms with Crippen molar-refractivity contribution in [3.63, 3.8) is 0 Å². The molecule has 0 fully saturated rings. The van der Waals surface area contributed by atoms with Crippen molar-refractivity contribution in [2.75, 3.05) is 13.6 Å². The van der Waals surface area contributed by atoms with Gasteiger partial charge in [-0.25, -0.2) is 0 Å². The smallest absolute Gasteiger partial charge is 0.195 e. The summed E-state index contributed by atoms with van der Waals surface area (Å²) < 4.78 is 14.8. The van der Waals surface area contributed by atoms with Crippen LogP contribution in [0, 0.1) is 0 Å². The SMILES string of the molecule is C=C/C(CC(=C)C1=CC=CCNC1=NC)=C(/F)NC(C)=NCc1ccc(Cl)cc1. The van der Waals surface area contributed by atoms with Gasteiger partial charge in [-0.3, -0.25) is 9.98 Å². The minimum atomic E-state index is -0.494. The van der Waals surface area contributed by atoms with E-state index in [0.29, 0.717) is 35.9 Å². The van der Waals surface area contributed by atoms with E-state index in [0.717, 1.165) is 22.5 Å². The standard InChI is InChI=1S/C23H26ClFN4/c1-5-19(14-16(2)21-8-6-7-13-27-23(21)26-4)22(25)29-17(3)28-15-18-9-11-20(24)12-10-18/h5-12H,1-2,13-15H2,3-4H3,(H,26,27)(H,28,29)/b22-19+. The number of hydrogen-bond donors (Lipinski definition) is 2. The van der Waals surface area contributed by atoms with Crippen LogP contribution in [0.1, 0.15) is 18.9 Å². The third kappa shape index (κ3) is 6.88. The molecule has 1 aromatic carbocycles. The van der Waals surface area contributed by atoms with Crippen molar-refractivity contribution in [2.45, 2.75) is 19.9 Å². The first-order valence-electron chi connectivity index (χ1n) is 9.24. The van der Waals surface area contributed by atoms with Crippen LogP contribution in [0.5, 0.6) is 0 Å². The number of rotatable bonds is 7. The molecule has 1 aliphatic rings. The monoisotopic (exact) mass is 412 g/mol. The van der Waals surface area contributed by atoms with Gasteiger partial charge in [-0.1, -0.05) is 61.2 Å². The van der Waals surface area contributed by atoms with Gasteiger partial charge in [-0.15, -0.1) is 0 Å². The highest BCUT2D eigenvalue weighted by molar-refractivity contribution is 6.30. The molecule has 0 aromatic heterocycles. The van der Waals surface area contributed by atoms with Gasteiger partial charge < -0.3 is 10.6 Å². The third-order valence-corrected chi connectivity index (χ3v) is 4.53. The molecule has 0 bridgehead atoms. The Labute approximate surface area is 177 Å². The normalized spacial score (nSPS) is 16.5. The zero-order chi connectivity index (χ0) is 21.2. The fraction of sp³-hybridized carbons (Fsp3) is 0.217. The second-order valence-corrected chi connectivity index (χ2v) is 6.87. The molecule has 2 rings (SSSR count). The van der Waals surface area contributed by atoms with Crippen LogP contribution in [-0.2, 0) is 6.54 Å². The van der Waals surface area contributed by atoms with E-state index in [1.165, 1.54) is 6.08 Å². The quantitative estimate of drug-likeness (QED) is 0.277. The van der Waals surface area contributed by atoms with Gasteiger partial charge in [0.15, 0.2) is 5.95 Å². The number of aliphatic imine (C=N–C) groups is 2. The molecular weight excluding hydrogens is 387 g/mol. The predicted molar refractivity (Wildman–Crippen MR) is 122 cm³/mol. The zero-order valence-electron chi connectivity index (χ0n) is 16.8. The molecule has 0 amide bonds. The molecule has 0 unspecified atom stereocenters. The molecule has 152 valence electrons. The van der Waals surface area contributed by atoms with Gasteiger partial charge in [-0.2, -0.15) is 4.39 Å². The average molecular weight is 413 g/mol. The molecule has 0 saturated heterocycles. The van der Waals surface area contributed by atoms with Crippen LogP contribution in [0.15, 0.2) is 94.4 Å². The fourth-order valence-corrected chi connectivity index (χ4v) is 2.82. The summed E-state index contributed by atoms with van der Waals surface area (Å²) in [6.07, 6.45) is 7.63. The van der Waals surface area contributed by atoms with E-state index in [1.54, 1.807) is 26.1 Å². The number of benzene rings is 1. The average Bonchev–Trinajstić information content (AvgIpc) is 2.96. The number of nitrogens with one attached hydrogen (secondary N) is 2. The maximum absolute atomic E-state index is 14.8. The Morgan fingerprint density at radius 3 is 2.72 bits per heavy atom. The molecule has 1 heterocycles. The van der Waals surface area contributed by atoms with Crippen LogP contribution >= 0.6 is 11.6 Å². The number of allylic oxidation sites excluding steroid dienone is 4. The van der Waals surface area contributed by atoms with E-state index in [9.17, 15) is 4.39 Å². The lowest BCUT2D eigenvalue weighted by atomic mass is 9.98. The Morgan fingerprint density at radius 2 is 2.07 bits per heavy atom. The lowest BCUT2D eigenvalue weighted by Crippen LogP contribution is -2.25. The summed E-state index contributed by atoms with van der Waals surface area (Å²) in [6.45, 7) is 10.7. The first-order chi connectivity index (χ1) is 13.9. The summed E-state index contributed by atoms with van der Waals surface area (Å²) in [4.78, 5) is 8.62. The lowest BCUT2D eigenvalue weighted by molar-refractivity contribution is 0.583. The second-order valence-electron chi connectivity index (χ2n) is 6.44. The second kappa shape index (κ2) is 11.2. The highest BCUT2D eigenvalue weighted by Gasteiger charge is 2.14. The Hall–Kier alpha value is -2.92. The highest BCUT2D eigenvalue weighted by Crippen LogP contribution is 2.22. The molecule has 1 aromatic rings. The molecule has 0 radical (unpaired) electrons. The fourth-order valence-electron chi connectivity index (χ4n) is 2.69. The van der Waals surface area contributed by atoms with E-state index in [4.69, 9.17) is 11.6 Å². The highest BCUT2D eigenvalue weighted by atomic mass is 35.5. The number of amidine groups is 2. The van der Waals surface area contributed by atoms with Gasteiger partial charge in [0.2, 0.25) is 0 Å². The van der Waals surface area contributed by atoms with Gasteiger partial charge in [0, 0.05) is 36.2 Å². The van der Waals surface area contributed by atoms with E-state index in [2.05, 4.69) is 33.8 Å². The molecule has 0 spiro atoms. The molecule has 0 atom stereocenters. The number of hydrogen-bond acceptors (Lipinski definition) is 2. The molecular formula is C23H26ClFN4. The summed E-state index contributed by atoms with van der Waals surface area (Å²) in [5, 5.41) is 6.58. The summed E-state index contributed by atoms with van der Waals surface area (Å²) in [5.74, 6) is 0.709. The number of nitrogens with zero attached hydrogens (tertiary/aromatic N) is 2. The van der Waals surface area contributed by atoms with Crippen molar-refractivity contribution in [2.24, 2.45) is 9.98 Å². The zero-order valence-corrected chi connectivity index (χ0v) is 17.6. The number of halogens is 2. The van der Waals surface area contributed by atoms with Crippen molar-refractivity contribution >= 4 is 23.3 Å². The van der Waals surface area contributed by atoms with Gasteiger partial charge in [-0.05, 0) is 30.2 Å². The Balaban J connectivity index is 2.07. The summed E-state index contributed by atoms with van der Waals surface area (Å²) in [7, 11) is 1.71. The van der Waals surface area contributed by atoms with Crippen LogP contribution in [-0.4, -0.2) is 25.3 Å². The topological polar surface area (TPSA) is 48.8 Å². The van der Waals surface area contributed by atoms with Gasteiger partial charge in [0.1, 0.15) is 5.84 Å². The maximum Gasteiger partial charge on any atom is 0.195 e. The van der Waals surface area contributed by atoms with Crippen LogP contribution < -0.4 is 10.6 Å². The summed E-state index contributed by atoms with van der Waals surface area (Å²) >= 11 is 5.88. The predicted octanol–water partition coefficient (Wildman–Crippen LogP) is 5.28. The van der Waals surface area contributed by atoms with Crippen LogP contribution in [0.2, 0.25) is 5.02 Å². The lowest BCUT2D eigenvalue weighted by Gasteiger charge is -2.14. The van der Waals surface area contributed by atoms with Crippen LogP contribution in [0.3, 0.4) is 0 Å². The summed E-state index contributed by atoms with van der Waals surface area (Å²) in [5.41, 5.74) is 2.99. The van der Waals surface area contributed by atoms with Crippen molar-refractivity contribution in [1.82, 2.24) is 10.6 Å². The largest absolute Gasteiger partial charge is 0.366 e. The van der Waals surface area contributed by atoms with Crippen LogP contribution in [0.25, 0.3) is 0 Å². The minimum Gasteiger partial charge on any atom is -0.366 e. The molecule has 1 aliphatic heterocycles. The van der Waals surface area contributed by atoms with Gasteiger partial charge in [0.05, 0.1) is 12.4 Å². The van der Waals surface area contributed by atoms with Crippen molar-refractivity contribution in [3.8, 4) is 0 Å². The molecule has 29 heavy (non-hydrogen) atoms. The van der Waals surface area contributed by atoms with Gasteiger partial charge in [0.25, 0.3) is 0 Å². The Morgan fingerprint density at radius 1 is 1.34 bits per heavy atom. The molecule has 4 nitrogen and oxygen atoms in total. The van der Waals surface area contributed by atoms with Crippen molar-refractivity contribution in [1.29, 1.82) is 0 Å². The Kier molecular flexibility index (Phi) is 8.62. The van der Waals surface area contributed by atoms with Gasteiger partial charge >= 0.3 is 0 Å². The third-order valence-electron chi connectivity index (χ3n) is 4.28. The van der Waals surface area contributed by atoms with Crippen molar-refractivity contribution < 1.29 is 4.39 Å². The van der Waals surface area contributed by atoms with Crippen LogP contribution in [0.4, 0.5) is 4.39 Å². The first-order valence-corrected chi connectivity index (χ1v) is 9.62. The summed E-state index contributed by atoms with van der Waals surface area (Å²) in [6, 6.07) is 7.38. The first kappa shape index (κ1) is 22.4. The van der Waals surface area contributed by atoms with E-state index in [1.807, 2.05) is 30.4 Å². The van der Waals surface area contributed by atoms with E-state index in [-0.39, 0.29) is 0 Å². The molecule has 6 heteroatoms. The van der Waals surface area contributed by atoms with Crippen molar-refractivity contribution in [3.05, 3.63) is 95.0 Å². The molecule has 2 N–H and O–H groups in total. The molecule has 0 aliphatic carbocycles. The minimum absolute atomic E-state index is 0.299. The maximum atomic E-state index is 14.8. The van der Waals surface area contributed by atoms with E-state index >= 15 is 0 Å². The molecule has 0 saturated carbocycles.